The van der Waals surface area contributed by atoms with Gasteiger partial charge in [0.1, 0.15) is 5.56 Å². The summed E-state index contributed by atoms with van der Waals surface area (Å²) < 4.78 is 1.30. The second-order valence-corrected chi connectivity index (χ2v) is 5.95. The SMILES string of the molecule is CCCCCCc1c(C)nn(C(=O)c2ccccc2[N+](=O)[O-])c1C. The zero-order chi connectivity index (χ0) is 17.7. The molecule has 0 unspecified atom stereocenters. The molecule has 2 rings (SSSR count). The van der Waals surface area contributed by atoms with Crippen molar-refractivity contribution in [3.05, 3.63) is 56.9 Å². The van der Waals surface area contributed by atoms with E-state index in [9.17, 15) is 14.9 Å². The van der Waals surface area contributed by atoms with E-state index in [0.29, 0.717) is 0 Å². The molecule has 0 radical (unpaired) electrons. The van der Waals surface area contributed by atoms with Crippen LogP contribution in [0.1, 0.15) is 59.9 Å². The molecule has 0 aliphatic rings. The van der Waals surface area contributed by atoms with Gasteiger partial charge in [0.15, 0.2) is 0 Å². The molecule has 6 heteroatoms. The molecule has 0 N–H and O–H groups in total. The number of unbranched alkanes of at least 4 members (excludes halogenated alkanes) is 3. The number of carbonyl (C=O) groups is 1. The molecule has 0 spiro atoms. The number of nitro groups is 1. The highest BCUT2D eigenvalue weighted by Gasteiger charge is 2.24. The summed E-state index contributed by atoms with van der Waals surface area (Å²) in [5.74, 6) is -0.456. The van der Waals surface area contributed by atoms with Crippen LogP contribution in [0.25, 0.3) is 0 Å². The lowest BCUT2D eigenvalue weighted by Crippen LogP contribution is -2.17. The minimum Gasteiger partial charge on any atom is -0.266 e. The number of aryl methyl sites for hydroxylation is 1. The summed E-state index contributed by atoms with van der Waals surface area (Å²) in [7, 11) is 0. The van der Waals surface area contributed by atoms with E-state index in [1.165, 1.54) is 29.7 Å². The Kier molecular flexibility index (Phi) is 5.84. The van der Waals surface area contributed by atoms with Crippen molar-refractivity contribution in [1.82, 2.24) is 9.78 Å². The van der Waals surface area contributed by atoms with Crippen molar-refractivity contribution in [3.63, 3.8) is 0 Å². The van der Waals surface area contributed by atoms with E-state index in [2.05, 4.69) is 12.0 Å². The number of nitrogens with zero attached hydrogens (tertiary/aromatic N) is 3. The molecule has 0 bridgehead atoms. The lowest BCUT2D eigenvalue weighted by Gasteiger charge is -2.05. The van der Waals surface area contributed by atoms with Crippen LogP contribution in [-0.4, -0.2) is 20.6 Å². The van der Waals surface area contributed by atoms with Crippen LogP contribution >= 0.6 is 0 Å². The molecule has 24 heavy (non-hydrogen) atoms. The van der Waals surface area contributed by atoms with E-state index >= 15 is 0 Å². The van der Waals surface area contributed by atoms with Crippen molar-refractivity contribution in [1.29, 1.82) is 0 Å². The van der Waals surface area contributed by atoms with E-state index < -0.39 is 10.8 Å². The summed E-state index contributed by atoms with van der Waals surface area (Å²) in [5, 5.41) is 15.5. The fourth-order valence-corrected chi connectivity index (χ4v) is 2.89. The van der Waals surface area contributed by atoms with E-state index in [1.807, 2.05) is 13.8 Å². The molecule has 0 saturated carbocycles. The first-order chi connectivity index (χ1) is 11.5. The third-order valence-corrected chi connectivity index (χ3v) is 4.25. The van der Waals surface area contributed by atoms with Gasteiger partial charge in [0, 0.05) is 11.8 Å². The van der Waals surface area contributed by atoms with Gasteiger partial charge in [-0.3, -0.25) is 14.9 Å². The van der Waals surface area contributed by atoms with Gasteiger partial charge >= 0.3 is 0 Å². The minimum absolute atomic E-state index is 0.0608. The van der Waals surface area contributed by atoms with Crippen LogP contribution in [0.3, 0.4) is 0 Å². The smallest absolute Gasteiger partial charge is 0.266 e. The molecule has 0 amide bonds. The summed E-state index contributed by atoms with van der Waals surface area (Å²) >= 11 is 0. The molecule has 0 aliphatic carbocycles. The normalized spacial score (nSPS) is 10.8. The molecule has 0 fully saturated rings. The topological polar surface area (TPSA) is 78.0 Å². The summed E-state index contributed by atoms with van der Waals surface area (Å²) in [6.45, 7) is 5.90. The molecular weight excluding hydrogens is 306 g/mol. The van der Waals surface area contributed by atoms with Gasteiger partial charge in [-0.25, -0.2) is 4.68 Å². The highest BCUT2D eigenvalue weighted by atomic mass is 16.6. The van der Waals surface area contributed by atoms with Crippen molar-refractivity contribution in [2.45, 2.75) is 52.9 Å². The van der Waals surface area contributed by atoms with Gasteiger partial charge in [0.2, 0.25) is 0 Å². The van der Waals surface area contributed by atoms with Crippen LogP contribution in [0.4, 0.5) is 5.69 Å². The number of para-hydroxylation sites is 1. The Morgan fingerprint density at radius 2 is 1.92 bits per heavy atom. The number of aromatic nitrogens is 2. The van der Waals surface area contributed by atoms with Crippen LogP contribution in [0.5, 0.6) is 0 Å². The predicted molar refractivity (Wildman–Crippen MR) is 92.4 cm³/mol. The average molecular weight is 329 g/mol. The van der Waals surface area contributed by atoms with Crippen molar-refractivity contribution in [3.8, 4) is 0 Å². The van der Waals surface area contributed by atoms with E-state index in [4.69, 9.17) is 0 Å². The lowest BCUT2D eigenvalue weighted by atomic mass is 10.0. The van der Waals surface area contributed by atoms with Gasteiger partial charge in [0.25, 0.3) is 11.6 Å². The molecule has 0 saturated heterocycles. The Bertz CT molecular complexity index is 750. The van der Waals surface area contributed by atoms with Crippen LogP contribution in [0.2, 0.25) is 0 Å². The molecule has 128 valence electrons. The van der Waals surface area contributed by atoms with Gasteiger partial charge < -0.3 is 0 Å². The van der Waals surface area contributed by atoms with E-state index in [-0.39, 0.29) is 11.3 Å². The van der Waals surface area contributed by atoms with E-state index in [1.54, 1.807) is 12.1 Å². The first kappa shape index (κ1) is 17.8. The van der Waals surface area contributed by atoms with Crippen molar-refractivity contribution < 1.29 is 9.72 Å². The Morgan fingerprint density at radius 3 is 2.58 bits per heavy atom. The molecule has 2 aromatic rings. The molecule has 1 aromatic heterocycles. The van der Waals surface area contributed by atoms with Crippen LogP contribution in [-0.2, 0) is 6.42 Å². The van der Waals surface area contributed by atoms with Crippen molar-refractivity contribution in [2.75, 3.05) is 0 Å². The Balaban J connectivity index is 2.30. The fraction of sp³-hybridized carbons (Fsp3) is 0.444. The maximum Gasteiger partial charge on any atom is 0.285 e. The molecule has 0 atom stereocenters. The molecule has 6 nitrogen and oxygen atoms in total. The highest BCUT2D eigenvalue weighted by Crippen LogP contribution is 2.22. The first-order valence-electron chi connectivity index (χ1n) is 8.30. The van der Waals surface area contributed by atoms with Crippen molar-refractivity contribution >= 4 is 11.6 Å². The predicted octanol–water partition coefficient (Wildman–Crippen LogP) is 4.22. The second-order valence-electron chi connectivity index (χ2n) is 5.95. The Labute approximate surface area is 141 Å². The number of rotatable bonds is 7. The Hall–Kier alpha value is -2.50. The lowest BCUT2D eigenvalue weighted by molar-refractivity contribution is -0.385. The minimum atomic E-state index is -0.537. The zero-order valence-corrected chi connectivity index (χ0v) is 14.4. The van der Waals surface area contributed by atoms with Gasteiger partial charge in [-0.15, -0.1) is 0 Å². The zero-order valence-electron chi connectivity index (χ0n) is 14.4. The number of carbonyl (C=O) groups excluding carboxylic acids is 1. The summed E-state index contributed by atoms with van der Waals surface area (Å²) in [6, 6.07) is 5.98. The molecule has 1 heterocycles. The maximum atomic E-state index is 12.7. The second kappa shape index (κ2) is 7.86. The van der Waals surface area contributed by atoms with Crippen LogP contribution < -0.4 is 0 Å². The molecule has 1 aromatic carbocycles. The average Bonchev–Trinajstić information content (AvgIpc) is 2.85. The van der Waals surface area contributed by atoms with Gasteiger partial charge in [-0.2, -0.15) is 5.10 Å². The number of hydrogen-bond donors (Lipinski definition) is 0. The summed E-state index contributed by atoms with van der Waals surface area (Å²) in [5.41, 5.74) is 2.52. The number of nitro benzene ring substituents is 1. The third kappa shape index (κ3) is 3.69. The van der Waals surface area contributed by atoms with Crippen LogP contribution in [0.15, 0.2) is 24.3 Å². The monoisotopic (exact) mass is 329 g/mol. The molecule has 0 aliphatic heterocycles. The number of benzene rings is 1. The summed E-state index contributed by atoms with van der Waals surface area (Å²) in [6.07, 6.45) is 5.45. The van der Waals surface area contributed by atoms with Crippen LogP contribution in [0, 0.1) is 24.0 Å². The fourth-order valence-electron chi connectivity index (χ4n) is 2.89. The van der Waals surface area contributed by atoms with Gasteiger partial charge in [-0.05, 0) is 38.3 Å². The van der Waals surface area contributed by atoms with Gasteiger partial charge in [-0.1, -0.05) is 38.3 Å². The van der Waals surface area contributed by atoms with Gasteiger partial charge in [0.05, 0.1) is 10.6 Å². The molecular formula is C18H23N3O3. The largest absolute Gasteiger partial charge is 0.285 e. The maximum absolute atomic E-state index is 12.7. The quantitative estimate of drug-likeness (QED) is 0.433. The standard InChI is InChI=1S/C18H23N3O3/c1-4-5-6-7-10-15-13(2)19-20(14(15)3)18(22)16-11-8-9-12-17(16)21(23)24/h8-9,11-12H,4-7,10H2,1-3H3. The summed E-state index contributed by atoms with van der Waals surface area (Å²) in [4.78, 5) is 23.3. The Morgan fingerprint density at radius 1 is 1.21 bits per heavy atom. The number of hydrogen-bond acceptors (Lipinski definition) is 4. The van der Waals surface area contributed by atoms with E-state index in [0.717, 1.165) is 36.2 Å². The highest BCUT2D eigenvalue weighted by molar-refractivity contribution is 5.99. The third-order valence-electron chi connectivity index (χ3n) is 4.25. The van der Waals surface area contributed by atoms with Crippen molar-refractivity contribution in [2.24, 2.45) is 0 Å². The first-order valence-corrected chi connectivity index (χ1v) is 8.30.